The van der Waals surface area contributed by atoms with Gasteiger partial charge in [-0.3, -0.25) is 0 Å². The Kier molecular flexibility index (Phi) is 2.66. The average molecular weight is 169 g/mol. The Labute approximate surface area is 74.9 Å². The molecule has 0 spiro atoms. The van der Waals surface area contributed by atoms with Crippen molar-refractivity contribution in [3.05, 3.63) is 0 Å². The van der Waals surface area contributed by atoms with Crippen LogP contribution in [0.1, 0.15) is 19.8 Å². The monoisotopic (exact) mass is 169 g/mol. The summed E-state index contributed by atoms with van der Waals surface area (Å²) in [4.78, 5) is 2.59. The van der Waals surface area contributed by atoms with Gasteiger partial charge in [-0.1, -0.05) is 0 Å². The first-order valence-electron chi connectivity index (χ1n) is 5.20. The van der Waals surface area contributed by atoms with Crippen molar-refractivity contribution in [3.63, 3.8) is 0 Å². The Morgan fingerprint density at radius 1 is 1.33 bits per heavy atom. The Balaban J connectivity index is 1.82. The van der Waals surface area contributed by atoms with E-state index in [0.29, 0.717) is 0 Å². The zero-order valence-electron chi connectivity index (χ0n) is 7.96. The lowest BCUT2D eigenvalue weighted by atomic mass is 9.79. The molecular weight excluding hydrogens is 150 g/mol. The van der Waals surface area contributed by atoms with Crippen LogP contribution in [-0.2, 0) is 4.74 Å². The van der Waals surface area contributed by atoms with Crippen molar-refractivity contribution in [2.75, 3.05) is 32.8 Å². The van der Waals surface area contributed by atoms with Crippen molar-refractivity contribution in [2.45, 2.75) is 19.8 Å². The first-order chi connectivity index (χ1) is 5.90. The van der Waals surface area contributed by atoms with Crippen LogP contribution >= 0.6 is 0 Å². The third-order valence-electron chi connectivity index (χ3n) is 3.33. The molecule has 12 heavy (non-hydrogen) atoms. The summed E-state index contributed by atoms with van der Waals surface area (Å²) < 4.78 is 5.50. The second kappa shape index (κ2) is 3.75. The third kappa shape index (κ3) is 1.64. The topological polar surface area (TPSA) is 12.5 Å². The van der Waals surface area contributed by atoms with Gasteiger partial charge < -0.3 is 9.64 Å². The van der Waals surface area contributed by atoms with Gasteiger partial charge >= 0.3 is 0 Å². The van der Waals surface area contributed by atoms with Gasteiger partial charge in [-0.2, -0.15) is 0 Å². The van der Waals surface area contributed by atoms with Gasteiger partial charge in [0.25, 0.3) is 0 Å². The molecule has 70 valence electrons. The van der Waals surface area contributed by atoms with Gasteiger partial charge in [-0.25, -0.2) is 0 Å². The lowest BCUT2D eigenvalue weighted by molar-refractivity contribution is -0.00408. The van der Waals surface area contributed by atoms with Crippen LogP contribution in [0.25, 0.3) is 0 Å². The first kappa shape index (κ1) is 8.52. The first-order valence-corrected chi connectivity index (χ1v) is 5.20. The van der Waals surface area contributed by atoms with Gasteiger partial charge in [-0.05, 0) is 44.7 Å². The molecular formula is C10H19NO. The maximum Gasteiger partial charge on any atom is 0.0509 e. The van der Waals surface area contributed by atoms with Crippen LogP contribution in [0.2, 0.25) is 0 Å². The predicted molar refractivity (Wildman–Crippen MR) is 49.1 cm³/mol. The number of fused-ring (bicyclic) bond motifs is 3. The third-order valence-corrected chi connectivity index (χ3v) is 3.33. The van der Waals surface area contributed by atoms with Crippen molar-refractivity contribution in [2.24, 2.45) is 11.8 Å². The van der Waals surface area contributed by atoms with E-state index in [2.05, 4.69) is 11.8 Å². The second-order valence-electron chi connectivity index (χ2n) is 4.06. The molecule has 0 aromatic heterocycles. The highest BCUT2D eigenvalue weighted by Gasteiger charge is 2.33. The molecule has 3 saturated heterocycles. The molecule has 3 aliphatic heterocycles. The standard InChI is InChI=1S/C10H19NO/c1-2-12-8-10-7-11-5-3-9(10)4-6-11/h9-10H,2-8H2,1H3. The summed E-state index contributed by atoms with van der Waals surface area (Å²) in [6.45, 7) is 7.94. The lowest BCUT2D eigenvalue weighted by Crippen LogP contribution is -2.48. The molecule has 0 aromatic carbocycles. The molecule has 2 nitrogen and oxygen atoms in total. The molecule has 1 unspecified atom stereocenters. The van der Waals surface area contributed by atoms with Crippen molar-refractivity contribution < 1.29 is 4.74 Å². The van der Waals surface area contributed by atoms with Crippen LogP contribution in [-0.4, -0.2) is 37.7 Å². The van der Waals surface area contributed by atoms with E-state index in [1.165, 1.54) is 32.5 Å². The largest absolute Gasteiger partial charge is 0.381 e. The van der Waals surface area contributed by atoms with E-state index in [9.17, 15) is 0 Å². The molecule has 0 saturated carbocycles. The predicted octanol–water partition coefficient (Wildman–Crippen LogP) is 1.36. The summed E-state index contributed by atoms with van der Waals surface area (Å²) >= 11 is 0. The number of ether oxygens (including phenoxy) is 1. The number of piperidine rings is 3. The Hall–Kier alpha value is -0.0800. The number of hydrogen-bond donors (Lipinski definition) is 0. The van der Waals surface area contributed by atoms with Gasteiger partial charge in [0.1, 0.15) is 0 Å². The molecule has 0 radical (unpaired) electrons. The van der Waals surface area contributed by atoms with Gasteiger partial charge in [0.15, 0.2) is 0 Å². The summed E-state index contributed by atoms with van der Waals surface area (Å²) in [5, 5.41) is 0. The second-order valence-corrected chi connectivity index (χ2v) is 4.06. The van der Waals surface area contributed by atoms with E-state index in [4.69, 9.17) is 4.74 Å². The minimum atomic E-state index is 0.840. The Morgan fingerprint density at radius 3 is 2.58 bits per heavy atom. The van der Waals surface area contributed by atoms with Gasteiger partial charge in [0.2, 0.25) is 0 Å². The van der Waals surface area contributed by atoms with E-state index in [-0.39, 0.29) is 0 Å². The number of hydrogen-bond acceptors (Lipinski definition) is 2. The fourth-order valence-corrected chi connectivity index (χ4v) is 2.55. The molecule has 0 N–H and O–H groups in total. The zero-order chi connectivity index (χ0) is 8.39. The molecule has 3 fully saturated rings. The van der Waals surface area contributed by atoms with E-state index in [1.807, 2.05) is 0 Å². The van der Waals surface area contributed by atoms with Gasteiger partial charge in [0.05, 0.1) is 6.61 Å². The van der Waals surface area contributed by atoms with Crippen molar-refractivity contribution in [1.82, 2.24) is 4.90 Å². The minimum Gasteiger partial charge on any atom is -0.381 e. The highest BCUT2D eigenvalue weighted by Crippen LogP contribution is 2.32. The van der Waals surface area contributed by atoms with Crippen LogP contribution in [0, 0.1) is 11.8 Å². The van der Waals surface area contributed by atoms with E-state index >= 15 is 0 Å². The summed E-state index contributed by atoms with van der Waals surface area (Å²) in [5.41, 5.74) is 0. The summed E-state index contributed by atoms with van der Waals surface area (Å²) in [6, 6.07) is 0. The quantitative estimate of drug-likeness (QED) is 0.632. The lowest BCUT2D eigenvalue weighted by Gasteiger charge is -2.44. The minimum absolute atomic E-state index is 0.840. The summed E-state index contributed by atoms with van der Waals surface area (Å²) in [7, 11) is 0. The molecule has 0 aromatic rings. The van der Waals surface area contributed by atoms with Crippen LogP contribution in [0.3, 0.4) is 0 Å². The van der Waals surface area contributed by atoms with Crippen molar-refractivity contribution >= 4 is 0 Å². The normalized spacial score (nSPS) is 40.2. The van der Waals surface area contributed by atoms with E-state index in [1.54, 1.807) is 0 Å². The molecule has 3 aliphatic rings. The van der Waals surface area contributed by atoms with Gasteiger partial charge in [-0.15, -0.1) is 0 Å². The molecule has 2 bridgehead atoms. The fourth-order valence-electron chi connectivity index (χ4n) is 2.55. The van der Waals surface area contributed by atoms with Crippen molar-refractivity contribution in [1.29, 1.82) is 0 Å². The SMILES string of the molecule is CCOCC1CN2CCC1CC2. The number of rotatable bonds is 3. The maximum absolute atomic E-state index is 5.50. The Morgan fingerprint density at radius 2 is 2.08 bits per heavy atom. The number of nitrogens with zero attached hydrogens (tertiary/aromatic N) is 1. The fraction of sp³-hybridized carbons (Fsp3) is 1.00. The highest BCUT2D eigenvalue weighted by atomic mass is 16.5. The molecule has 1 atom stereocenters. The molecule has 3 rings (SSSR count). The van der Waals surface area contributed by atoms with Crippen molar-refractivity contribution in [3.8, 4) is 0 Å². The average Bonchev–Trinajstić information content (AvgIpc) is 2.17. The summed E-state index contributed by atoms with van der Waals surface area (Å²) in [5.74, 6) is 1.81. The zero-order valence-corrected chi connectivity index (χ0v) is 7.96. The van der Waals surface area contributed by atoms with E-state index < -0.39 is 0 Å². The molecule has 0 aliphatic carbocycles. The molecule has 2 heteroatoms. The van der Waals surface area contributed by atoms with Crippen LogP contribution in [0.15, 0.2) is 0 Å². The molecule has 0 amide bonds. The highest BCUT2D eigenvalue weighted by molar-refractivity contribution is 4.86. The van der Waals surface area contributed by atoms with Crippen LogP contribution in [0.4, 0.5) is 0 Å². The van der Waals surface area contributed by atoms with Crippen LogP contribution < -0.4 is 0 Å². The summed E-state index contributed by atoms with van der Waals surface area (Å²) in [6.07, 6.45) is 2.83. The maximum atomic E-state index is 5.50. The Bertz CT molecular complexity index is 141. The van der Waals surface area contributed by atoms with Crippen LogP contribution in [0.5, 0.6) is 0 Å². The van der Waals surface area contributed by atoms with Gasteiger partial charge in [0, 0.05) is 13.2 Å². The molecule has 3 heterocycles. The van der Waals surface area contributed by atoms with E-state index in [0.717, 1.165) is 25.0 Å². The smallest absolute Gasteiger partial charge is 0.0509 e.